The molecule has 1 N–H and O–H groups in total. The van der Waals surface area contributed by atoms with Crippen molar-refractivity contribution in [1.82, 2.24) is 0 Å². The molecule has 2 aromatic rings. The van der Waals surface area contributed by atoms with Gasteiger partial charge < -0.3 is 19.5 Å². The van der Waals surface area contributed by atoms with Gasteiger partial charge in [-0.1, -0.05) is 17.7 Å². The van der Waals surface area contributed by atoms with Crippen molar-refractivity contribution in [3.8, 4) is 5.75 Å². The Morgan fingerprint density at radius 1 is 1.00 bits per heavy atom. The lowest BCUT2D eigenvalue weighted by Crippen LogP contribution is -2.30. The van der Waals surface area contributed by atoms with Crippen LogP contribution in [-0.2, 0) is 14.3 Å². The molecule has 0 aliphatic heterocycles. The van der Waals surface area contributed by atoms with Crippen molar-refractivity contribution in [3.63, 3.8) is 0 Å². The van der Waals surface area contributed by atoms with Gasteiger partial charge >= 0.3 is 11.9 Å². The van der Waals surface area contributed by atoms with Crippen molar-refractivity contribution in [3.05, 3.63) is 45.3 Å². The van der Waals surface area contributed by atoms with Crippen LogP contribution in [0.1, 0.15) is 60.2 Å². The topological polar surface area (TPSA) is 90.9 Å². The van der Waals surface area contributed by atoms with Gasteiger partial charge in [-0.25, -0.2) is 9.59 Å². The van der Waals surface area contributed by atoms with E-state index < -0.39 is 23.9 Å². The molecule has 0 bridgehead atoms. The fourth-order valence-electron chi connectivity index (χ4n) is 2.59. The van der Waals surface area contributed by atoms with Crippen LogP contribution in [0.2, 0.25) is 5.02 Å². The molecule has 1 amide bonds. The molecule has 1 heterocycles. The summed E-state index contributed by atoms with van der Waals surface area (Å²) < 4.78 is 16.2. The van der Waals surface area contributed by atoms with Crippen LogP contribution in [0, 0.1) is 6.92 Å². The number of anilines is 1. The second-order valence-corrected chi connectivity index (χ2v) is 8.83. The van der Waals surface area contributed by atoms with Crippen molar-refractivity contribution >= 4 is 45.8 Å². The molecule has 1 aromatic heterocycles. The average molecular weight is 468 g/mol. The Balaban J connectivity index is 2.30. The van der Waals surface area contributed by atoms with Gasteiger partial charge in [-0.15, -0.1) is 11.3 Å². The van der Waals surface area contributed by atoms with E-state index in [4.69, 9.17) is 25.8 Å². The maximum Gasteiger partial charge on any atom is 0.348 e. The molecule has 0 aliphatic rings. The number of carbonyl (C=O) groups is 3. The summed E-state index contributed by atoms with van der Waals surface area (Å²) in [6.45, 7) is 10.1. The quantitative estimate of drug-likeness (QED) is 0.533. The first-order valence-electron chi connectivity index (χ1n) is 9.78. The van der Waals surface area contributed by atoms with Crippen molar-refractivity contribution in [2.24, 2.45) is 0 Å². The van der Waals surface area contributed by atoms with Gasteiger partial charge in [0.2, 0.25) is 0 Å². The first-order chi connectivity index (χ1) is 14.5. The van der Waals surface area contributed by atoms with Crippen LogP contribution in [0.4, 0.5) is 5.00 Å². The third-order valence-electron chi connectivity index (χ3n) is 3.94. The van der Waals surface area contributed by atoms with Gasteiger partial charge in [0, 0.05) is 5.02 Å². The third-order valence-corrected chi connectivity index (χ3v) is 5.36. The standard InChI is InChI=1S/C22H26ClNO6S/c1-11(2)28-21(26)17-13(5)18(22(27)29-12(3)4)31-20(17)24-19(25)14(6)30-16-9-7-8-15(23)10-16/h7-12,14H,1-6H3,(H,24,25). The zero-order chi connectivity index (χ0) is 23.3. The number of hydrogen-bond acceptors (Lipinski definition) is 7. The lowest BCUT2D eigenvalue weighted by atomic mass is 10.1. The van der Waals surface area contributed by atoms with Gasteiger partial charge in [-0.05, 0) is 65.3 Å². The zero-order valence-corrected chi connectivity index (χ0v) is 19.8. The number of nitrogens with one attached hydrogen (secondary N) is 1. The molecular formula is C22H26ClNO6S. The maximum atomic E-state index is 12.7. The SMILES string of the molecule is Cc1c(C(=O)OC(C)C)sc(NC(=O)C(C)Oc2cccc(Cl)c2)c1C(=O)OC(C)C. The molecule has 1 unspecified atom stereocenters. The Bertz CT molecular complexity index is 969. The minimum absolute atomic E-state index is 0.123. The maximum absolute atomic E-state index is 12.7. The number of rotatable bonds is 8. The first-order valence-corrected chi connectivity index (χ1v) is 11.0. The molecule has 0 spiro atoms. The van der Waals surface area contributed by atoms with E-state index in [0.29, 0.717) is 16.3 Å². The van der Waals surface area contributed by atoms with Crippen molar-refractivity contribution in [2.75, 3.05) is 5.32 Å². The summed E-state index contributed by atoms with van der Waals surface area (Å²) in [6, 6.07) is 6.66. The fraction of sp³-hybridized carbons (Fsp3) is 0.409. The number of esters is 2. The second kappa shape index (κ2) is 10.6. The third kappa shape index (κ3) is 6.70. The number of thiophene rings is 1. The molecule has 0 saturated carbocycles. The number of benzene rings is 1. The minimum atomic E-state index is -0.888. The molecule has 9 heteroatoms. The summed E-state index contributed by atoms with van der Waals surface area (Å²) >= 11 is 6.91. The number of halogens is 1. The highest BCUT2D eigenvalue weighted by Gasteiger charge is 2.29. The van der Waals surface area contributed by atoms with Crippen LogP contribution >= 0.6 is 22.9 Å². The van der Waals surface area contributed by atoms with E-state index in [-0.39, 0.29) is 27.6 Å². The van der Waals surface area contributed by atoms with E-state index in [2.05, 4.69) is 5.32 Å². The smallest absolute Gasteiger partial charge is 0.348 e. The molecule has 1 aromatic carbocycles. The number of carbonyl (C=O) groups excluding carboxylic acids is 3. The van der Waals surface area contributed by atoms with Crippen LogP contribution in [-0.4, -0.2) is 36.2 Å². The average Bonchev–Trinajstić information content (AvgIpc) is 2.96. The summed E-state index contributed by atoms with van der Waals surface area (Å²) in [6.07, 6.45) is -1.59. The van der Waals surface area contributed by atoms with E-state index in [1.165, 1.54) is 0 Å². The molecule has 168 valence electrons. The summed E-state index contributed by atoms with van der Waals surface area (Å²) in [5, 5.41) is 3.36. The predicted octanol–water partition coefficient (Wildman–Crippen LogP) is 5.25. The lowest BCUT2D eigenvalue weighted by molar-refractivity contribution is -0.122. The highest BCUT2D eigenvalue weighted by Crippen LogP contribution is 2.35. The van der Waals surface area contributed by atoms with Gasteiger partial charge in [0.25, 0.3) is 5.91 Å². The Labute approximate surface area is 190 Å². The normalized spacial score (nSPS) is 11.9. The Morgan fingerprint density at radius 3 is 2.19 bits per heavy atom. The molecule has 31 heavy (non-hydrogen) atoms. The molecule has 0 radical (unpaired) electrons. The van der Waals surface area contributed by atoms with Gasteiger partial charge in [-0.2, -0.15) is 0 Å². The first kappa shape index (κ1) is 24.7. The summed E-state index contributed by atoms with van der Waals surface area (Å²) in [7, 11) is 0. The van der Waals surface area contributed by atoms with E-state index in [1.54, 1.807) is 65.8 Å². The van der Waals surface area contributed by atoms with Crippen molar-refractivity contribution < 1.29 is 28.6 Å². The Hall–Kier alpha value is -2.58. The molecule has 2 rings (SSSR count). The van der Waals surface area contributed by atoms with Gasteiger partial charge in [0.1, 0.15) is 15.6 Å². The summed E-state index contributed by atoms with van der Waals surface area (Å²) in [4.78, 5) is 38.1. The fourth-order valence-corrected chi connectivity index (χ4v) is 3.86. The summed E-state index contributed by atoms with van der Waals surface area (Å²) in [5.41, 5.74) is 0.512. The summed E-state index contributed by atoms with van der Waals surface area (Å²) in [5.74, 6) is -1.27. The van der Waals surface area contributed by atoms with E-state index in [1.807, 2.05) is 0 Å². The van der Waals surface area contributed by atoms with Gasteiger partial charge in [0.15, 0.2) is 6.10 Å². The number of hydrogen-bond donors (Lipinski definition) is 1. The van der Waals surface area contributed by atoms with Crippen LogP contribution in [0.15, 0.2) is 24.3 Å². The predicted molar refractivity (Wildman–Crippen MR) is 120 cm³/mol. The van der Waals surface area contributed by atoms with Gasteiger partial charge in [0.05, 0.1) is 17.8 Å². The molecule has 7 nitrogen and oxygen atoms in total. The van der Waals surface area contributed by atoms with E-state index in [9.17, 15) is 14.4 Å². The van der Waals surface area contributed by atoms with Crippen LogP contribution in [0.5, 0.6) is 5.75 Å². The highest BCUT2D eigenvalue weighted by atomic mass is 35.5. The minimum Gasteiger partial charge on any atom is -0.481 e. The van der Waals surface area contributed by atoms with Crippen LogP contribution in [0.25, 0.3) is 0 Å². The lowest BCUT2D eigenvalue weighted by Gasteiger charge is -2.15. The number of amides is 1. The van der Waals surface area contributed by atoms with E-state index >= 15 is 0 Å². The van der Waals surface area contributed by atoms with Crippen LogP contribution in [0.3, 0.4) is 0 Å². The molecular weight excluding hydrogens is 442 g/mol. The zero-order valence-electron chi connectivity index (χ0n) is 18.3. The second-order valence-electron chi connectivity index (χ2n) is 7.38. The Kier molecular flexibility index (Phi) is 8.47. The van der Waals surface area contributed by atoms with Crippen LogP contribution < -0.4 is 10.1 Å². The molecule has 1 atom stereocenters. The van der Waals surface area contributed by atoms with E-state index in [0.717, 1.165) is 11.3 Å². The highest BCUT2D eigenvalue weighted by molar-refractivity contribution is 7.18. The Morgan fingerprint density at radius 2 is 1.61 bits per heavy atom. The molecule has 0 aliphatic carbocycles. The number of ether oxygens (including phenoxy) is 3. The van der Waals surface area contributed by atoms with Crippen molar-refractivity contribution in [2.45, 2.75) is 59.9 Å². The van der Waals surface area contributed by atoms with Gasteiger partial charge in [-0.3, -0.25) is 4.79 Å². The largest absolute Gasteiger partial charge is 0.481 e. The molecule has 0 saturated heterocycles. The van der Waals surface area contributed by atoms with Crippen molar-refractivity contribution in [1.29, 1.82) is 0 Å². The molecule has 0 fully saturated rings. The monoisotopic (exact) mass is 467 g/mol.